The van der Waals surface area contributed by atoms with Crippen molar-refractivity contribution < 1.29 is 20.1 Å². The Hall–Kier alpha value is -2.86. The van der Waals surface area contributed by atoms with Gasteiger partial charge >= 0.3 is 0 Å². The number of primary amides is 1. The molecule has 0 spiro atoms. The van der Waals surface area contributed by atoms with Crippen molar-refractivity contribution in [3.8, 4) is 11.5 Å². The van der Waals surface area contributed by atoms with Gasteiger partial charge in [0.1, 0.15) is 11.5 Å². The van der Waals surface area contributed by atoms with Crippen LogP contribution in [0.4, 0.5) is 0 Å². The van der Waals surface area contributed by atoms with E-state index < -0.39 is 0 Å². The Morgan fingerprint density at radius 1 is 1.00 bits per heavy atom. The molecule has 0 heterocycles. The third-order valence-corrected chi connectivity index (χ3v) is 4.01. The molecule has 2 aromatic rings. The third kappa shape index (κ3) is 5.89. The first kappa shape index (κ1) is 19.5. The summed E-state index contributed by atoms with van der Waals surface area (Å²) in [7, 11) is 3.47. The number of ether oxygens (including phenoxy) is 1. The lowest BCUT2D eigenvalue weighted by Gasteiger charge is -2.14. The van der Waals surface area contributed by atoms with Gasteiger partial charge in [-0.25, -0.2) is 0 Å². The fourth-order valence-electron chi connectivity index (χ4n) is 2.56. The Balaban J connectivity index is 1.92. The molecule has 0 unspecified atom stereocenters. The molecule has 2 aromatic carbocycles. The molecule has 5 N–H and O–H groups in total. The van der Waals surface area contributed by atoms with Crippen molar-refractivity contribution in [3.63, 3.8) is 0 Å². The number of nitrogens with zero attached hydrogens (tertiary/aromatic N) is 1. The van der Waals surface area contributed by atoms with E-state index in [0.717, 1.165) is 22.6 Å². The van der Waals surface area contributed by atoms with Gasteiger partial charge < -0.3 is 21.1 Å². The molecule has 0 saturated heterocycles. The molecular formula is C20H26N3O3+. The van der Waals surface area contributed by atoms with Gasteiger partial charge in [0.2, 0.25) is 5.91 Å². The zero-order valence-corrected chi connectivity index (χ0v) is 15.3. The van der Waals surface area contributed by atoms with Gasteiger partial charge in [-0.2, -0.15) is 0 Å². The highest BCUT2D eigenvalue weighted by Gasteiger charge is 2.19. The lowest BCUT2D eigenvalue weighted by atomic mass is 10.1. The van der Waals surface area contributed by atoms with Gasteiger partial charge in [-0.1, -0.05) is 24.3 Å². The maximum Gasteiger partial charge on any atom is 0.280 e. The molecule has 0 radical (unpaired) electrons. The molecule has 0 fully saturated rings. The lowest BCUT2D eigenvalue weighted by Crippen LogP contribution is -2.68. The number of amides is 2. The number of quaternary nitrogens is 1. The minimum Gasteiger partial charge on any atom is -0.457 e. The Labute approximate surface area is 153 Å². The Kier molecular flexibility index (Phi) is 6.74. The van der Waals surface area contributed by atoms with Crippen LogP contribution < -0.4 is 16.2 Å². The number of likely N-dealkylation sites (N-methyl/N-ethyl adjacent to an activating group) is 1. The molecule has 0 bridgehead atoms. The number of benzene rings is 2. The fourth-order valence-corrected chi connectivity index (χ4v) is 2.56. The second-order valence-corrected chi connectivity index (χ2v) is 6.49. The van der Waals surface area contributed by atoms with Gasteiger partial charge in [-0.05, 0) is 41.8 Å². The van der Waals surface area contributed by atoms with E-state index in [-0.39, 0.29) is 17.9 Å². The Morgan fingerprint density at radius 2 is 1.50 bits per heavy atom. The number of hydrogen-bond acceptors (Lipinski definition) is 3. The first-order chi connectivity index (χ1) is 12.3. The standard InChI is InChI=1S/C20H25N3O3/c1-23(2)20(25)18(21)13-15-5-10-17(11-6-15)26-16-8-3-14(4-9-16)7-12-19(22)24/h3-6,8-11,18H,7,12-13,21H2,1-2H3,(H2,22,24)/p+1/t18-/m0/s1. The monoisotopic (exact) mass is 356 g/mol. The van der Waals surface area contributed by atoms with Crippen LogP contribution >= 0.6 is 0 Å². The van der Waals surface area contributed by atoms with Gasteiger partial charge in [-0.3, -0.25) is 9.59 Å². The second-order valence-electron chi connectivity index (χ2n) is 6.49. The van der Waals surface area contributed by atoms with Crippen LogP contribution in [0.3, 0.4) is 0 Å². The van der Waals surface area contributed by atoms with Crippen LogP contribution in [-0.2, 0) is 22.4 Å². The molecule has 0 aliphatic heterocycles. The SMILES string of the molecule is CN(C)C(=O)[C@@H]([NH3+])Cc1ccc(Oc2ccc(CCC(N)=O)cc2)cc1. The van der Waals surface area contributed by atoms with Crippen LogP contribution in [0.15, 0.2) is 48.5 Å². The van der Waals surface area contributed by atoms with Crippen molar-refractivity contribution in [2.75, 3.05) is 14.1 Å². The summed E-state index contributed by atoms with van der Waals surface area (Å²) >= 11 is 0. The molecule has 0 saturated carbocycles. The zero-order chi connectivity index (χ0) is 19.1. The van der Waals surface area contributed by atoms with Crippen molar-refractivity contribution in [3.05, 3.63) is 59.7 Å². The van der Waals surface area contributed by atoms with E-state index in [1.807, 2.05) is 48.5 Å². The van der Waals surface area contributed by atoms with Crippen LogP contribution in [0.2, 0.25) is 0 Å². The predicted octanol–water partition coefficient (Wildman–Crippen LogP) is 1.14. The molecule has 6 heteroatoms. The van der Waals surface area contributed by atoms with Crippen molar-refractivity contribution in [1.29, 1.82) is 0 Å². The van der Waals surface area contributed by atoms with E-state index >= 15 is 0 Å². The maximum absolute atomic E-state index is 11.9. The predicted molar refractivity (Wildman–Crippen MR) is 99.5 cm³/mol. The summed E-state index contributed by atoms with van der Waals surface area (Å²) in [5, 5.41) is 0. The van der Waals surface area contributed by atoms with E-state index in [0.29, 0.717) is 19.3 Å². The molecule has 26 heavy (non-hydrogen) atoms. The Morgan fingerprint density at radius 3 is 1.96 bits per heavy atom. The highest BCUT2D eigenvalue weighted by Crippen LogP contribution is 2.22. The molecule has 0 aliphatic carbocycles. The average molecular weight is 356 g/mol. The van der Waals surface area contributed by atoms with Crippen LogP contribution in [0, 0.1) is 0 Å². The summed E-state index contributed by atoms with van der Waals surface area (Å²) in [6.07, 6.45) is 1.55. The summed E-state index contributed by atoms with van der Waals surface area (Å²) < 4.78 is 5.82. The van der Waals surface area contributed by atoms with E-state index in [1.165, 1.54) is 0 Å². The van der Waals surface area contributed by atoms with Crippen LogP contribution in [0.25, 0.3) is 0 Å². The smallest absolute Gasteiger partial charge is 0.280 e. The molecule has 0 aliphatic rings. The molecule has 138 valence electrons. The van der Waals surface area contributed by atoms with Crippen LogP contribution in [0.1, 0.15) is 17.5 Å². The highest BCUT2D eigenvalue weighted by molar-refractivity contribution is 5.80. The van der Waals surface area contributed by atoms with Gasteiger partial charge in [0, 0.05) is 26.9 Å². The minimum absolute atomic E-state index is 0.0155. The largest absolute Gasteiger partial charge is 0.457 e. The number of aryl methyl sites for hydroxylation is 1. The van der Waals surface area contributed by atoms with Crippen LogP contribution in [-0.4, -0.2) is 36.9 Å². The van der Waals surface area contributed by atoms with Gasteiger partial charge in [-0.15, -0.1) is 0 Å². The Bertz CT molecular complexity index is 740. The number of hydrogen-bond donors (Lipinski definition) is 2. The van der Waals surface area contributed by atoms with E-state index in [2.05, 4.69) is 5.73 Å². The summed E-state index contributed by atoms with van der Waals surface area (Å²) in [6, 6.07) is 14.9. The highest BCUT2D eigenvalue weighted by atomic mass is 16.5. The first-order valence-corrected chi connectivity index (χ1v) is 8.53. The minimum atomic E-state index is -0.304. The van der Waals surface area contributed by atoms with Gasteiger partial charge in [0.15, 0.2) is 6.04 Å². The van der Waals surface area contributed by atoms with E-state index in [1.54, 1.807) is 19.0 Å². The summed E-state index contributed by atoms with van der Waals surface area (Å²) in [6.45, 7) is 0. The fraction of sp³-hybridized carbons (Fsp3) is 0.300. The molecule has 6 nitrogen and oxygen atoms in total. The molecule has 0 aromatic heterocycles. The maximum atomic E-state index is 11.9. The third-order valence-electron chi connectivity index (χ3n) is 4.01. The summed E-state index contributed by atoms with van der Waals surface area (Å²) in [5.74, 6) is 1.15. The van der Waals surface area contributed by atoms with Crippen molar-refractivity contribution in [1.82, 2.24) is 4.90 Å². The topological polar surface area (TPSA) is 100 Å². The van der Waals surface area contributed by atoms with Gasteiger partial charge in [0.25, 0.3) is 5.91 Å². The second kappa shape index (κ2) is 9.01. The zero-order valence-electron chi connectivity index (χ0n) is 15.3. The van der Waals surface area contributed by atoms with E-state index in [4.69, 9.17) is 10.5 Å². The first-order valence-electron chi connectivity index (χ1n) is 8.53. The quantitative estimate of drug-likeness (QED) is 0.742. The van der Waals surface area contributed by atoms with Crippen molar-refractivity contribution in [2.24, 2.45) is 5.73 Å². The number of carbonyl (C=O) groups excluding carboxylic acids is 2. The van der Waals surface area contributed by atoms with Crippen LogP contribution in [0.5, 0.6) is 11.5 Å². The molecule has 1 atom stereocenters. The number of nitrogens with two attached hydrogens (primary N) is 1. The number of carbonyl (C=O) groups is 2. The van der Waals surface area contributed by atoms with Crippen molar-refractivity contribution in [2.45, 2.75) is 25.3 Å². The average Bonchev–Trinajstić information content (AvgIpc) is 2.62. The lowest BCUT2D eigenvalue weighted by molar-refractivity contribution is -0.404. The van der Waals surface area contributed by atoms with Crippen molar-refractivity contribution >= 4 is 11.8 Å². The normalized spacial score (nSPS) is 11.7. The molecule has 2 rings (SSSR count). The summed E-state index contributed by atoms with van der Waals surface area (Å²) in [4.78, 5) is 24.3. The molecular weight excluding hydrogens is 330 g/mol. The summed E-state index contributed by atoms with van der Waals surface area (Å²) in [5.41, 5.74) is 11.2. The van der Waals surface area contributed by atoms with E-state index in [9.17, 15) is 9.59 Å². The molecule has 2 amide bonds. The number of rotatable bonds is 8. The van der Waals surface area contributed by atoms with Gasteiger partial charge in [0.05, 0.1) is 0 Å².